The molecule has 24 heavy (non-hydrogen) atoms. The summed E-state index contributed by atoms with van der Waals surface area (Å²) in [6.45, 7) is 2.81. The lowest BCUT2D eigenvalue weighted by Gasteiger charge is -2.29. The molecule has 1 aliphatic carbocycles. The van der Waals surface area contributed by atoms with Crippen molar-refractivity contribution >= 4 is 29.7 Å². The molecule has 2 aromatic rings. The molecule has 2 aliphatic rings. The van der Waals surface area contributed by atoms with Gasteiger partial charge >= 0.3 is 0 Å². The maximum Gasteiger partial charge on any atom is 0.258 e. The lowest BCUT2D eigenvalue weighted by Crippen LogP contribution is -2.38. The van der Waals surface area contributed by atoms with E-state index in [1.165, 1.54) is 17.2 Å². The molecule has 0 bridgehead atoms. The Kier molecular flexibility index (Phi) is 5.16. The van der Waals surface area contributed by atoms with Gasteiger partial charge in [-0.3, -0.25) is 14.1 Å². The quantitative estimate of drug-likeness (QED) is 0.883. The minimum absolute atomic E-state index is 0. The molecule has 1 saturated heterocycles. The number of fused-ring (bicyclic) bond motifs is 2. The Labute approximate surface area is 152 Å². The van der Waals surface area contributed by atoms with E-state index in [2.05, 4.69) is 9.88 Å². The van der Waals surface area contributed by atoms with Crippen LogP contribution in [0.25, 0.3) is 5.65 Å². The van der Waals surface area contributed by atoms with Gasteiger partial charge in [-0.25, -0.2) is 4.98 Å². The van der Waals surface area contributed by atoms with Crippen LogP contribution >= 0.6 is 24.0 Å². The zero-order chi connectivity index (χ0) is 16.0. The first kappa shape index (κ1) is 17.7. The lowest BCUT2D eigenvalue weighted by atomic mass is 9.78. The standard InChI is InChI=1S/C17H21ClN4O.ClH/c18-12-4-5-16-20-13(6-17(23)22(16)8-12)9-21-7-11-2-1-3-15(19)14(11)10-21;/h4-6,8,11,14-15H,1-3,7,9-10,19H2;1H. The van der Waals surface area contributed by atoms with Crippen molar-refractivity contribution in [2.75, 3.05) is 13.1 Å². The maximum absolute atomic E-state index is 12.3. The number of hydrogen-bond acceptors (Lipinski definition) is 4. The highest BCUT2D eigenvalue weighted by molar-refractivity contribution is 6.30. The third-order valence-corrected chi connectivity index (χ3v) is 5.52. The van der Waals surface area contributed by atoms with Crippen LogP contribution in [-0.4, -0.2) is 33.4 Å². The summed E-state index contributed by atoms with van der Waals surface area (Å²) >= 11 is 5.94. The largest absolute Gasteiger partial charge is 0.327 e. The van der Waals surface area contributed by atoms with Gasteiger partial charge in [-0.15, -0.1) is 12.4 Å². The molecule has 0 aromatic carbocycles. The summed E-state index contributed by atoms with van der Waals surface area (Å²) in [4.78, 5) is 19.3. The Bertz CT molecular complexity index is 794. The van der Waals surface area contributed by atoms with E-state index in [1.807, 2.05) is 0 Å². The average molecular weight is 369 g/mol. The molecule has 1 aliphatic heterocycles. The molecule has 0 amide bonds. The van der Waals surface area contributed by atoms with E-state index < -0.39 is 0 Å². The molecule has 1 saturated carbocycles. The molecule has 0 radical (unpaired) electrons. The van der Waals surface area contributed by atoms with Crippen molar-refractivity contribution in [3.8, 4) is 0 Å². The van der Waals surface area contributed by atoms with Gasteiger partial charge in [0.25, 0.3) is 5.56 Å². The fraction of sp³-hybridized carbons (Fsp3) is 0.529. The van der Waals surface area contributed by atoms with E-state index in [0.717, 1.165) is 25.2 Å². The summed E-state index contributed by atoms with van der Waals surface area (Å²) in [6, 6.07) is 5.49. The Hall–Kier alpha value is -1.14. The van der Waals surface area contributed by atoms with Crippen molar-refractivity contribution in [2.24, 2.45) is 17.6 Å². The van der Waals surface area contributed by atoms with Gasteiger partial charge < -0.3 is 5.73 Å². The Balaban J connectivity index is 0.00000169. The summed E-state index contributed by atoms with van der Waals surface area (Å²) in [7, 11) is 0. The predicted molar refractivity (Wildman–Crippen MR) is 97.8 cm³/mol. The Morgan fingerprint density at radius 2 is 2.12 bits per heavy atom. The van der Waals surface area contributed by atoms with E-state index in [9.17, 15) is 4.79 Å². The second-order valence-corrected chi connectivity index (χ2v) is 7.31. The van der Waals surface area contributed by atoms with Crippen LogP contribution in [0.5, 0.6) is 0 Å². The normalized spacial score (nSPS) is 27.0. The van der Waals surface area contributed by atoms with E-state index >= 15 is 0 Å². The highest BCUT2D eigenvalue weighted by atomic mass is 35.5. The molecule has 2 aromatic heterocycles. The fourth-order valence-electron chi connectivity index (χ4n) is 4.17. The Morgan fingerprint density at radius 3 is 2.92 bits per heavy atom. The molecule has 7 heteroatoms. The van der Waals surface area contributed by atoms with Gasteiger partial charge in [0.05, 0.1) is 10.7 Å². The smallest absolute Gasteiger partial charge is 0.258 e. The fourth-order valence-corrected chi connectivity index (χ4v) is 4.33. The van der Waals surface area contributed by atoms with E-state index in [4.69, 9.17) is 17.3 Å². The summed E-state index contributed by atoms with van der Waals surface area (Å²) in [6.07, 6.45) is 5.28. The molecule has 2 fully saturated rings. The van der Waals surface area contributed by atoms with Gasteiger partial charge in [0.2, 0.25) is 0 Å². The van der Waals surface area contributed by atoms with E-state index in [0.29, 0.717) is 35.1 Å². The summed E-state index contributed by atoms with van der Waals surface area (Å²) < 4.78 is 1.49. The van der Waals surface area contributed by atoms with E-state index in [1.54, 1.807) is 24.4 Å². The number of aromatic nitrogens is 2. The highest BCUT2D eigenvalue weighted by Gasteiger charge is 2.38. The summed E-state index contributed by atoms with van der Waals surface area (Å²) in [5.74, 6) is 1.31. The van der Waals surface area contributed by atoms with Gasteiger partial charge in [0, 0.05) is 37.9 Å². The third kappa shape index (κ3) is 3.31. The van der Waals surface area contributed by atoms with Crippen molar-refractivity contribution in [1.29, 1.82) is 0 Å². The van der Waals surface area contributed by atoms with Crippen LogP contribution in [0.1, 0.15) is 25.0 Å². The SMILES string of the molecule is Cl.NC1CCCC2CN(Cc3cc(=O)n4cc(Cl)ccc4n3)CC12. The molecular formula is C17H22Cl2N4O. The monoisotopic (exact) mass is 368 g/mol. The topological polar surface area (TPSA) is 63.6 Å². The molecule has 3 heterocycles. The van der Waals surface area contributed by atoms with Crippen molar-refractivity contribution in [3.05, 3.63) is 45.5 Å². The maximum atomic E-state index is 12.3. The minimum atomic E-state index is -0.0826. The molecule has 3 unspecified atom stereocenters. The van der Waals surface area contributed by atoms with Gasteiger partial charge in [-0.2, -0.15) is 0 Å². The Morgan fingerprint density at radius 1 is 1.29 bits per heavy atom. The first-order chi connectivity index (χ1) is 11.1. The lowest BCUT2D eigenvalue weighted by molar-refractivity contribution is 0.259. The number of pyridine rings is 1. The van der Waals surface area contributed by atoms with Crippen LogP contribution in [0.2, 0.25) is 5.02 Å². The van der Waals surface area contributed by atoms with Crippen molar-refractivity contribution in [3.63, 3.8) is 0 Å². The van der Waals surface area contributed by atoms with E-state index in [-0.39, 0.29) is 18.0 Å². The number of rotatable bonds is 2. The van der Waals surface area contributed by atoms with Crippen molar-refractivity contribution < 1.29 is 0 Å². The predicted octanol–water partition coefficient (Wildman–Crippen LogP) is 2.33. The minimum Gasteiger partial charge on any atom is -0.327 e. The second-order valence-electron chi connectivity index (χ2n) is 6.87. The van der Waals surface area contributed by atoms with Crippen molar-refractivity contribution in [1.82, 2.24) is 14.3 Å². The molecule has 4 rings (SSSR count). The van der Waals surface area contributed by atoms with Crippen LogP contribution in [0.4, 0.5) is 0 Å². The second kappa shape index (κ2) is 7.00. The first-order valence-corrected chi connectivity index (χ1v) is 8.64. The number of hydrogen-bond donors (Lipinski definition) is 1. The number of halogens is 2. The van der Waals surface area contributed by atoms with Crippen LogP contribution in [0, 0.1) is 11.8 Å². The van der Waals surface area contributed by atoms with Crippen molar-refractivity contribution in [2.45, 2.75) is 31.8 Å². The molecule has 0 spiro atoms. The number of likely N-dealkylation sites (tertiary alicyclic amines) is 1. The highest BCUT2D eigenvalue weighted by Crippen LogP contribution is 2.35. The van der Waals surface area contributed by atoms with Crippen LogP contribution in [-0.2, 0) is 6.54 Å². The zero-order valence-electron chi connectivity index (χ0n) is 13.4. The van der Waals surface area contributed by atoms with Gasteiger partial charge in [-0.1, -0.05) is 18.0 Å². The molecule has 3 atom stereocenters. The van der Waals surface area contributed by atoms with Crippen LogP contribution in [0.3, 0.4) is 0 Å². The van der Waals surface area contributed by atoms with Gasteiger partial charge in [0.15, 0.2) is 0 Å². The summed E-state index contributed by atoms with van der Waals surface area (Å²) in [5, 5.41) is 0.534. The summed E-state index contributed by atoms with van der Waals surface area (Å²) in [5.41, 5.74) is 7.66. The molecular weight excluding hydrogens is 347 g/mol. The zero-order valence-corrected chi connectivity index (χ0v) is 15.0. The number of nitrogens with two attached hydrogens (primary N) is 1. The number of nitrogens with zero attached hydrogens (tertiary/aromatic N) is 3. The molecule has 5 nitrogen and oxygen atoms in total. The molecule has 130 valence electrons. The first-order valence-electron chi connectivity index (χ1n) is 8.26. The average Bonchev–Trinajstić information content (AvgIpc) is 2.92. The van der Waals surface area contributed by atoms with Crippen LogP contribution in [0.15, 0.2) is 29.2 Å². The van der Waals surface area contributed by atoms with Gasteiger partial charge in [0.1, 0.15) is 5.65 Å². The van der Waals surface area contributed by atoms with Crippen LogP contribution < -0.4 is 11.3 Å². The third-order valence-electron chi connectivity index (χ3n) is 5.29. The molecule has 2 N–H and O–H groups in total. The van der Waals surface area contributed by atoms with Gasteiger partial charge in [-0.05, 0) is 36.8 Å².